The molecule has 0 aromatic rings. The maximum Gasteiger partial charge on any atom is -0.0169 e. The van der Waals surface area contributed by atoms with Crippen molar-refractivity contribution in [1.82, 2.24) is 0 Å². The van der Waals surface area contributed by atoms with Crippen LogP contribution in [0.5, 0.6) is 0 Å². The van der Waals surface area contributed by atoms with Gasteiger partial charge in [0.25, 0.3) is 0 Å². The molecule has 0 aliphatic heterocycles. The molecule has 0 nitrogen and oxygen atoms in total. The highest BCUT2D eigenvalue weighted by molar-refractivity contribution is 4.99. The Bertz CT molecular complexity index is 291. The Kier molecular flexibility index (Phi) is 18.0. The molecule has 0 spiro atoms. The van der Waals surface area contributed by atoms with Crippen molar-refractivity contribution in [2.75, 3.05) is 0 Å². The predicted molar refractivity (Wildman–Crippen MR) is 98.7 cm³/mol. The third-order valence-corrected chi connectivity index (χ3v) is 3.44. The molecule has 0 amide bonds. The molecule has 0 unspecified atom stereocenters. The quantitative estimate of drug-likeness (QED) is 0.229. The third kappa shape index (κ3) is 19.0. The van der Waals surface area contributed by atoms with Gasteiger partial charge in [0.15, 0.2) is 0 Å². The van der Waals surface area contributed by atoms with E-state index in [1.165, 1.54) is 44.9 Å². The first kappa shape index (κ1) is 20.0. The lowest BCUT2D eigenvalue weighted by Gasteiger charge is -1.97. The average Bonchev–Trinajstić information content (AvgIpc) is 2.50. The summed E-state index contributed by atoms with van der Waals surface area (Å²) in [6.07, 6.45) is 32.1. The molecule has 0 aromatic carbocycles. The van der Waals surface area contributed by atoms with Crippen LogP contribution < -0.4 is 0 Å². The molecular weight excluding hydrogens is 252 g/mol. The van der Waals surface area contributed by atoms with Crippen LogP contribution in [0.3, 0.4) is 0 Å². The van der Waals surface area contributed by atoms with E-state index in [1.807, 2.05) is 0 Å². The first-order chi connectivity index (χ1) is 10.4. The van der Waals surface area contributed by atoms with Gasteiger partial charge in [-0.1, -0.05) is 94.6 Å². The van der Waals surface area contributed by atoms with Crippen LogP contribution in [-0.2, 0) is 0 Å². The molecule has 0 aromatic heterocycles. The molecule has 0 N–H and O–H groups in total. The van der Waals surface area contributed by atoms with Crippen LogP contribution in [-0.4, -0.2) is 0 Å². The lowest BCUT2D eigenvalue weighted by atomic mass is 10.1. The molecule has 0 aliphatic rings. The summed E-state index contributed by atoms with van der Waals surface area (Å²) in [4.78, 5) is 0. The standard InChI is InChI=1S/C21H36/c1-3-5-7-9-11-13-15-17-19-21-20-18-16-14-12-10-8-6-4-2/h5,7,11,13,17-20H,3-4,6,8-10,12,14-16,21H2,1-2H3. The normalized spacial score (nSPS) is 12.7. The average molecular weight is 289 g/mol. The van der Waals surface area contributed by atoms with Gasteiger partial charge in [-0.3, -0.25) is 0 Å². The molecule has 0 heterocycles. The van der Waals surface area contributed by atoms with Gasteiger partial charge in [0.1, 0.15) is 0 Å². The zero-order valence-electron chi connectivity index (χ0n) is 14.4. The SMILES string of the molecule is CCC=CCC=CCC=CCC=CCCCCCCCC. The van der Waals surface area contributed by atoms with Crippen molar-refractivity contribution in [1.29, 1.82) is 0 Å². The van der Waals surface area contributed by atoms with E-state index in [0.717, 1.165) is 25.7 Å². The molecule has 0 fully saturated rings. The number of rotatable bonds is 14. The van der Waals surface area contributed by atoms with Crippen LogP contribution in [0.2, 0.25) is 0 Å². The summed E-state index contributed by atoms with van der Waals surface area (Å²) in [7, 11) is 0. The fourth-order valence-corrected chi connectivity index (χ4v) is 2.14. The molecule has 120 valence electrons. The van der Waals surface area contributed by atoms with Crippen molar-refractivity contribution >= 4 is 0 Å². The van der Waals surface area contributed by atoms with Gasteiger partial charge in [0.05, 0.1) is 0 Å². The summed E-state index contributed by atoms with van der Waals surface area (Å²) in [5.74, 6) is 0. The second-order valence-corrected chi connectivity index (χ2v) is 5.56. The molecule has 0 heteroatoms. The van der Waals surface area contributed by atoms with Crippen LogP contribution in [0.1, 0.15) is 84.5 Å². The van der Waals surface area contributed by atoms with Gasteiger partial charge < -0.3 is 0 Å². The van der Waals surface area contributed by atoms with Crippen molar-refractivity contribution in [3.8, 4) is 0 Å². The Morgan fingerprint density at radius 2 is 0.952 bits per heavy atom. The smallest absolute Gasteiger partial charge is 0.0169 e. The minimum atomic E-state index is 1.06. The fraction of sp³-hybridized carbons (Fsp3) is 0.619. The van der Waals surface area contributed by atoms with Crippen LogP contribution in [0, 0.1) is 0 Å². The van der Waals surface area contributed by atoms with Gasteiger partial charge in [0, 0.05) is 0 Å². The molecule has 0 saturated heterocycles. The second kappa shape index (κ2) is 19.0. The van der Waals surface area contributed by atoms with Crippen LogP contribution in [0.25, 0.3) is 0 Å². The zero-order valence-corrected chi connectivity index (χ0v) is 14.4. The highest BCUT2D eigenvalue weighted by atomic mass is 13.9. The van der Waals surface area contributed by atoms with E-state index in [1.54, 1.807) is 0 Å². The molecule has 0 aliphatic carbocycles. The van der Waals surface area contributed by atoms with Crippen LogP contribution in [0.15, 0.2) is 48.6 Å². The summed E-state index contributed by atoms with van der Waals surface area (Å²) in [6.45, 7) is 4.44. The van der Waals surface area contributed by atoms with Crippen molar-refractivity contribution < 1.29 is 0 Å². The number of unbranched alkanes of at least 4 members (excludes halogenated alkanes) is 6. The van der Waals surface area contributed by atoms with Crippen molar-refractivity contribution in [3.05, 3.63) is 48.6 Å². The molecular formula is C21H36. The largest absolute Gasteiger partial charge is 0.0885 e. The van der Waals surface area contributed by atoms with Crippen LogP contribution in [0.4, 0.5) is 0 Å². The summed E-state index contributed by atoms with van der Waals surface area (Å²) in [6, 6.07) is 0. The maximum atomic E-state index is 2.34. The van der Waals surface area contributed by atoms with Gasteiger partial charge >= 0.3 is 0 Å². The lowest BCUT2D eigenvalue weighted by molar-refractivity contribution is 0.611. The fourth-order valence-electron chi connectivity index (χ4n) is 2.14. The first-order valence-corrected chi connectivity index (χ1v) is 9.01. The molecule has 0 saturated carbocycles. The van der Waals surface area contributed by atoms with Crippen LogP contribution >= 0.6 is 0 Å². The molecule has 0 bridgehead atoms. The van der Waals surface area contributed by atoms with E-state index in [0.29, 0.717) is 0 Å². The van der Waals surface area contributed by atoms with E-state index in [4.69, 9.17) is 0 Å². The summed E-state index contributed by atoms with van der Waals surface area (Å²) in [5, 5.41) is 0. The Hall–Kier alpha value is -1.04. The Morgan fingerprint density at radius 3 is 1.52 bits per heavy atom. The Labute approximate surface area is 133 Å². The molecule has 21 heavy (non-hydrogen) atoms. The highest BCUT2D eigenvalue weighted by Crippen LogP contribution is 2.07. The topological polar surface area (TPSA) is 0 Å². The maximum absolute atomic E-state index is 2.34. The predicted octanol–water partition coefficient (Wildman–Crippen LogP) is 7.54. The Morgan fingerprint density at radius 1 is 0.476 bits per heavy atom. The monoisotopic (exact) mass is 288 g/mol. The minimum Gasteiger partial charge on any atom is -0.0885 e. The zero-order chi connectivity index (χ0) is 15.4. The van der Waals surface area contributed by atoms with Gasteiger partial charge in [-0.2, -0.15) is 0 Å². The highest BCUT2D eigenvalue weighted by Gasteiger charge is 1.87. The van der Waals surface area contributed by atoms with Gasteiger partial charge in [0.2, 0.25) is 0 Å². The molecule has 0 radical (unpaired) electrons. The van der Waals surface area contributed by atoms with Crippen molar-refractivity contribution in [2.24, 2.45) is 0 Å². The lowest BCUT2D eigenvalue weighted by Crippen LogP contribution is -1.77. The number of hydrogen-bond donors (Lipinski definition) is 0. The summed E-state index contributed by atoms with van der Waals surface area (Å²) < 4.78 is 0. The minimum absolute atomic E-state index is 1.06. The number of allylic oxidation sites excluding steroid dienone is 8. The molecule has 0 atom stereocenters. The van der Waals surface area contributed by atoms with E-state index in [-0.39, 0.29) is 0 Å². The second-order valence-electron chi connectivity index (χ2n) is 5.56. The van der Waals surface area contributed by atoms with E-state index in [2.05, 4.69) is 62.5 Å². The summed E-state index contributed by atoms with van der Waals surface area (Å²) >= 11 is 0. The van der Waals surface area contributed by atoms with Gasteiger partial charge in [-0.05, 0) is 38.5 Å². The van der Waals surface area contributed by atoms with E-state index in [9.17, 15) is 0 Å². The van der Waals surface area contributed by atoms with Gasteiger partial charge in [-0.15, -0.1) is 0 Å². The van der Waals surface area contributed by atoms with E-state index >= 15 is 0 Å². The van der Waals surface area contributed by atoms with Crippen molar-refractivity contribution in [2.45, 2.75) is 84.5 Å². The molecule has 0 rings (SSSR count). The number of hydrogen-bond acceptors (Lipinski definition) is 0. The van der Waals surface area contributed by atoms with Gasteiger partial charge in [-0.25, -0.2) is 0 Å². The van der Waals surface area contributed by atoms with Crippen molar-refractivity contribution in [3.63, 3.8) is 0 Å². The summed E-state index contributed by atoms with van der Waals surface area (Å²) in [5.41, 5.74) is 0. The Balaban J connectivity index is 3.30. The first-order valence-electron chi connectivity index (χ1n) is 9.01. The third-order valence-electron chi connectivity index (χ3n) is 3.44. The van der Waals surface area contributed by atoms with E-state index < -0.39 is 0 Å².